The van der Waals surface area contributed by atoms with Gasteiger partial charge in [0.15, 0.2) is 0 Å². The number of carbonyl (C=O) groups is 2. The van der Waals surface area contributed by atoms with E-state index in [2.05, 4.69) is 4.98 Å². The lowest BCUT2D eigenvalue weighted by atomic mass is 10.1. The number of methoxy groups -OCH3 is 1. The smallest absolute Gasteiger partial charge is 0.410 e. The second-order valence-corrected chi connectivity index (χ2v) is 7.52. The molecule has 27 heavy (non-hydrogen) atoms. The molecule has 1 aliphatic rings. The fraction of sp³-hybridized carbons (Fsp3) is 0.450. The largest absolute Gasteiger partial charge is 0.481 e. The molecule has 1 aromatic heterocycles. The molecular weight excluding hydrogens is 346 g/mol. The van der Waals surface area contributed by atoms with Crippen LogP contribution in [0.2, 0.25) is 0 Å². The third kappa shape index (κ3) is 4.48. The summed E-state index contributed by atoms with van der Waals surface area (Å²) in [6.45, 7) is 7.42. The van der Waals surface area contributed by atoms with E-state index in [-0.39, 0.29) is 12.0 Å². The van der Waals surface area contributed by atoms with Gasteiger partial charge in [0.2, 0.25) is 5.88 Å². The third-order valence-electron chi connectivity index (χ3n) is 4.34. The Bertz CT molecular complexity index is 852. The number of aromatic nitrogens is 1. The van der Waals surface area contributed by atoms with E-state index in [9.17, 15) is 9.59 Å². The van der Waals surface area contributed by atoms with Crippen LogP contribution in [-0.2, 0) is 4.74 Å². The molecule has 2 amide bonds. The second kappa shape index (κ2) is 7.42. The molecule has 2 heterocycles. The van der Waals surface area contributed by atoms with Gasteiger partial charge in [-0.2, -0.15) is 0 Å². The molecule has 1 aliphatic heterocycles. The number of nitrogens with zero attached hydrogens (tertiary/aromatic N) is 3. The van der Waals surface area contributed by atoms with E-state index in [1.54, 1.807) is 29.0 Å². The Morgan fingerprint density at radius 3 is 2.30 bits per heavy atom. The van der Waals surface area contributed by atoms with Crippen molar-refractivity contribution in [2.24, 2.45) is 0 Å². The first kappa shape index (κ1) is 18.9. The molecule has 144 valence electrons. The number of piperazine rings is 1. The van der Waals surface area contributed by atoms with E-state index < -0.39 is 5.60 Å². The summed E-state index contributed by atoms with van der Waals surface area (Å²) in [6.07, 6.45) is -0.333. The van der Waals surface area contributed by atoms with Gasteiger partial charge in [0.25, 0.3) is 5.91 Å². The predicted molar refractivity (Wildman–Crippen MR) is 102 cm³/mol. The SMILES string of the molecule is COc1ccc2cc(C(=O)N3CCN(C(=O)OC(C)(C)C)CC3)ccc2n1. The summed E-state index contributed by atoms with van der Waals surface area (Å²) in [5.41, 5.74) is 0.868. The molecule has 0 bridgehead atoms. The molecule has 0 radical (unpaired) electrons. The molecule has 1 saturated heterocycles. The average Bonchev–Trinajstić information content (AvgIpc) is 2.65. The summed E-state index contributed by atoms with van der Waals surface area (Å²) in [5, 5.41) is 0.883. The monoisotopic (exact) mass is 371 g/mol. The van der Waals surface area contributed by atoms with Gasteiger partial charge in [-0.25, -0.2) is 9.78 Å². The van der Waals surface area contributed by atoms with Crippen LogP contribution < -0.4 is 4.74 Å². The van der Waals surface area contributed by atoms with Crippen molar-refractivity contribution in [1.29, 1.82) is 0 Å². The highest BCUT2D eigenvalue weighted by atomic mass is 16.6. The predicted octanol–water partition coefficient (Wildman–Crippen LogP) is 2.94. The lowest BCUT2D eigenvalue weighted by Crippen LogP contribution is -2.51. The summed E-state index contributed by atoms with van der Waals surface area (Å²) in [4.78, 5) is 32.7. The highest BCUT2D eigenvalue weighted by molar-refractivity contribution is 5.98. The minimum Gasteiger partial charge on any atom is -0.481 e. The first-order valence-corrected chi connectivity index (χ1v) is 8.99. The molecule has 0 saturated carbocycles. The number of rotatable bonds is 2. The van der Waals surface area contributed by atoms with Crippen LogP contribution in [0.5, 0.6) is 5.88 Å². The van der Waals surface area contributed by atoms with Gasteiger partial charge >= 0.3 is 6.09 Å². The number of hydrogen-bond acceptors (Lipinski definition) is 5. The molecule has 0 atom stereocenters. The molecular formula is C20H25N3O4. The number of benzene rings is 1. The van der Waals surface area contributed by atoms with Crippen molar-refractivity contribution < 1.29 is 19.1 Å². The molecule has 0 aliphatic carbocycles. The number of fused-ring (bicyclic) bond motifs is 1. The van der Waals surface area contributed by atoms with Crippen molar-refractivity contribution in [2.75, 3.05) is 33.3 Å². The molecule has 0 unspecified atom stereocenters. The van der Waals surface area contributed by atoms with Crippen molar-refractivity contribution in [3.63, 3.8) is 0 Å². The van der Waals surface area contributed by atoms with Crippen LogP contribution in [0.15, 0.2) is 30.3 Å². The fourth-order valence-corrected chi connectivity index (χ4v) is 2.95. The molecule has 0 N–H and O–H groups in total. The van der Waals surface area contributed by atoms with Crippen LogP contribution in [-0.4, -0.2) is 65.7 Å². The van der Waals surface area contributed by atoms with Crippen LogP contribution in [0.25, 0.3) is 10.9 Å². The quantitative estimate of drug-likeness (QED) is 0.812. The number of hydrogen-bond donors (Lipinski definition) is 0. The van der Waals surface area contributed by atoms with Gasteiger partial charge in [0.1, 0.15) is 5.60 Å². The molecule has 3 rings (SSSR count). The highest BCUT2D eigenvalue weighted by Gasteiger charge is 2.28. The number of amides is 2. The summed E-state index contributed by atoms with van der Waals surface area (Å²) in [7, 11) is 1.57. The second-order valence-electron chi connectivity index (χ2n) is 7.52. The summed E-state index contributed by atoms with van der Waals surface area (Å²) >= 11 is 0. The third-order valence-corrected chi connectivity index (χ3v) is 4.34. The summed E-state index contributed by atoms with van der Waals surface area (Å²) < 4.78 is 10.5. The van der Waals surface area contributed by atoms with Crippen molar-refractivity contribution in [3.8, 4) is 5.88 Å². The van der Waals surface area contributed by atoms with E-state index >= 15 is 0 Å². The zero-order valence-electron chi connectivity index (χ0n) is 16.2. The Morgan fingerprint density at radius 2 is 1.67 bits per heavy atom. The molecule has 1 aromatic carbocycles. The molecule has 0 spiro atoms. The maximum Gasteiger partial charge on any atom is 0.410 e. The molecule has 1 fully saturated rings. The molecule has 7 heteroatoms. The highest BCUT2D eigenvalue weighted by Crippen LogP contribution is 2.20. The van der Waals surface area contributed by atoms with Crippen LogP contribution in [0, 0.1) is 0 Å². The minimum atomic E-state index is -0.522. The van der Waals surface area contributed by atoms with Gasteiger partial charge in [-0.1, -0.05) is 0 Å². The van der Waals surface area contributed by atoms with Gasteiger partial charge in [0.05, 0.1) is 12.6 Å². The van der Waals surface area contributed by atoms with E-state index in [1.807, 2.05) is 39.0 Å². The fourth-order valence-electron chi connectivity index (χ4n) is 2.95. The zero-order valence-corrected chi connectivity index (χ0v) is 16.2. The topological polar surface area (TPSA) is 72.0 Å². The van der Waals surface area contributed by atoms with Crippen LogP contribution in [0.4, 0.5) is 4.79 Å². The Balaban J connectivity index is 1.65. The van der Waals surface area contributed by atoms with Crippen LogP contribution in [0.3, 0.4) is 0 Å². The standard InChI is InChI=1S/C20H25N3O4/c1-20(2,3)27-19(25)23-11-9-22(10-12-23)18(24)15-5-7-16-14(13-15)6-8-17(21-16)26-4/h5-8,13H,9-12H2,1-4H3. The Morgan fingerprint density at radius 1 is 1.00 bits per heavy atom. The normalized spacial score (nSPS) is 15.0. The van der Waals surface area contributed by atoms with Gasteiger partial charge < -0.3 is 19.3 Å². The molecule has 7 nitrogen and oxygen atoms in total. The summed E-state index contributed by atoms with van der Waals surface area (Å²) in [6, 6.07) is 9.10. The summed E-state index contributed by atoms with van der Waals surface area (Å²) in [5.74, 6) is 0.497. The molecule has 2 aromatic rings. The van der Waals surface area contributed by atoms with Crippen LogP contribution in [0.1, 0.15) is 31.1 Å². The maximum absolute atomic E-state index is 12.8. The van der Waals surface area contributed by atoms with E-state index in [4.69, 9.17) is 9.47 Å². The van der Waals surface area contributed by atoms with Gasteiger partial charge in [0, 0.05) is 43.2 Å². The lowest BCUT2D eigenvalue weighted by Gasteiger charge is -2.35. The van der Waals surface area contributed by atoms with Gasteiger partial charge in [-0.3, -0.25) is 4.79 Å². The Hall–Kier alpha value is -2.83. The van der Waals surface area contributed by atoms with Gasteiger partial charge in [-0.15, -0.1) is 0 Å². The van der Waals surface area contributed by atoms with Crippen molar-refractivity contribution in [3.05, 3.63) is 35.9 Å². The first-order chi connectivity index (χ1) is 12.8. The van der Waals surface area contributed by atoms with Crippen molar-refractivity contribution in [1.82, 2.24) is 14.8 Å². The van der Waals surface area contributed by atoms with E-state index in [0.717, 1.165) is 10.9 Å². The van der Waals surface area contributed by atoms with Crippen molar-refractivity contribution in [2.45, 2.75) is 26.4 Å². The minimum absolute atomic E-state index is 0.0449. The number of ether oxygens (including phenoxy) is 2. The van der Waals surface area contributed by atoms with Crippen molar-refractivity contribution >= 4 is 22.9 Å². The number of carbonyl (C=O) groups excluding carboxylic acids is 2. The van der Waals surface area contributed by atoms with Gasteiger partial charge in [-0.05, 0) is 45.0 Å². The Kier molecular flexibility index (Phi) is 5.21. The maximum atomic E-state index is 12.8. The average molecular weight is 371 g/mol. The zero-order chi connectivity index (χ0) is 19.6. The van der Waals surface area contributed by atoms with Crippen LogP contribution >= 0.6 is 0 Å². The first-order valence-electron chi connectivity index (χ1n) is 8.99. The van der Waals surface area contributed by atoms with E-state index in [1.165, 1.54) is 0 Å². The lowest BCUT2D eigenvalue weighted by molar-refractivity contribution is 0.0141. The Labute approximate surface area is 158 Å². The number of pyridine rings is 1. The van der Waals surface area contributed by atoms with E-state index in [0.29, 0.717) is 37.6 Å².